The molecule has 0 spiro atoms. The van der Waals surface area contributed by atoms with Crippen LogP contribution in [0.4, 0.5) is 0 Å². The minimum Gasteiger partial charge on any atom is -0.463 e. The number of rotatable bonds is 4. The van der Waals surface area contributed by atoms with Crippen molar-refractivity contribution in [1.29, 1.82) is 0 Å². The van der Waals surface area contributed by atoms with E-state index in [-0.39, 0.29) is 6.04 Å². The molecule has 2 heterocycles. The third-order valence-electron chi connectivity index (χ3n) is 3.81. The highest BCUT2D eigenvalue weighted by atomic mass is 32.1. The SMILES string of the molecule is COCCNC(=S)N1CCOC1=NC1CCc2ncccc21. The molecule has 22 heavy (non-hydrogen) atoms. The van der Waals surface area contributed by atoms with Crippen LogP contribution in [0, 0.1) is 0 Å². The number of nitrogens with zero attached hydrogens (tertiary/aromatic N) is 3. The predicted molar refractivity (Wildman–Crippen MR) is 87.9 cm³/mol. The minimum absolute atomic E-state index is 0.112. The van der Waals surface area contributed by atoms with E-state index in [0.29, 0.717) is 30.9 Å². The highest BCUT2D eigenvalue weighted by molar-refractivity contribution is 7.80. The summed E-state index contributed by atoms with van der Waals surface area (Å²) in [5.41, 5.74) is 2.34. The number of hydrogen-bond acceptors (Lipinski definition) is 5. The molecule has 1 atom stereocenters. The Morgan fingerprint density at radius 2 is 2.55 bits per heavy atom. The average molecular weight is 320 g/mol. The highest BCUT2D eigenvalue weighted by Crippen LogP contribution is 2.33. The van der Waals surface area contributed by atoms with E-state index in [1.165, 1.54) is 5.56 Å². The molecule has 2 aliphatic rings. The van der Waals surface area contributed by atoms with Crippen molar-refractivity contribution in [3.63, 3.8) is 0 Å². The number of pyridine rings is 1. The maximum Gasteiger partial charge on any atom is 0.294 e. The molecule has 1 aliphatic carbocycles. The summed E-state index contributed by atoms with van der Waals surface area (Å²) in [6.45, 7) is 2.63. The zero-order valence-electron chi connectivity index (χ0n) is 12.6. The van der Waals surface area contributed by atoms with Crippen molar-refractivity contribution in [3.8, 4) is 0 Å². The number of aromatic nitrogens is 1. The Balaban J connectivity index is 1.69. The zero-order valence-corrected chi connectivity index (χ0v) is 13.4. The first-order valence-electron chi connectivity index (χ1n) is 7.48. The van der Waals surface area contributed by atoms with Crippen LogP contribution in [0.3, 0.4) is 0 Å². The van der Waals surface area contributed by atoms with Gasteiger partial charge in [0.05, 0.1) is 19.2 Å². The number of ether oxygens (including phenoxy) is 2. The van der Waals surface area contributed by atoms with E-state index in [9.17, 15) is 0 Å². The summed E-state index contributed by atoms with van der Waals surface area (Å²) in [6.07, 6.45) is 3.77. The van der Waals surface area contributed by atoms with E-state index >= 15 is 0 Å². The highest BCUT2D eigenvalue weighted by Gasteiger charge is 2.28. The number of amidine groups is 1. The number of hydrogen-bond donors (Lipinski definition) is 1. The van der Waals surface area contributed by atoms with Crippen molar-refractivity contribution in [3.05, 3.63) is 29.6 Å². The largest absolute Gasteiger partial charge is 0.463 e. The number of aryl methyl sites for hydroxylation is 1. The number of methoxy groups -OCH3 is 1. The van der Waals surface area contributed by atoms with Crippen molar-refractivity contribution in [2.75, 3.05) is 33.4 Å². The molecule has 0 radical (unpaired) electrons. The Hall–Kier alpha value is -1.73. The monoisotopic (exact) mass is 320 g/mol. The Labute approximate surface area is 135 Å². The Kier molecular flexibility index (Phi) is 4.84. The number of aliphatic imine (C=N–C) groups is 1. The zero-order chi connectivity index (χ0) is 15.4. The normalized spacial score (nSPS) is 21.8. The Bertz CT molecular complexity index is 578. The molecule has 118 valence electrons. The lowest BCUT2D eigenvalue weighted by Gasteiger charge is -2.19. The van der Waals surface area contributed by atoms with Crippen LogP contribution in [0.15, 0.2) is 23.3 Å². The van der Waals surface area contributed by atoms with Gasteiger partial charge in [0, 0.05) is 25.5 Å². The molecule has 1 aliphatic heterocycles. The van der Waals surface area contributed by atoms with E-state index < -0.39 is 0 Å². The topological polar surface area (TPSA) is 59.0 Å². The van der Waals surface area contributed by atoms with Gasteiger partial charge in [0.1, 0.15) is 6.61 Å². The molecular formula is C15H20N4O2S. The van der Waals surface area contributed by atoms with Gasteiger partial charge in [0.25, 0.3) is 6.02 Å². The first kappa shape index (κ1) is 15.2. The predicted octanol–water partition coefficient (Wildman–Crippen LogP) is 1.28. The van der Waals surface area contributed by atoms with Gasteiger partial charge >= 0.3 is 0 Å². The Morgan fingerprint density at radius 1 is 1.64 bits per heavy atom. The molecule has 1 aromatic heterocycles. The third-order valence-corrected chi connectivity index (χ3v) is 4.17. The summed E-state index contributed by atoms with van der Waals surface area (Å²) in [7, 11) is 1.67. The van der Waals surface area contributed by atoms with Crippen LogP contribution in [0.1, 0.15) is 23.7 Å². The van der Waals surface area contributed by atoms with Crippen LogP contribution in [-0.2, 0) is 15.9 Å². The smallest absolute Gasteiger partial charge is 0.294 e. The molecule has 0 amide bonds. The van der Waals surface area contributed by atoms with Gasteiger partial charge in [0.15, 0.2) is 5.11 Å². The van der Waals surface area contributed by atoms with Gasteiger partial charge in [-0.15, -0.1) is 0 Å². The maximum absolute atomic E-state index is 5.67. The van der Waals surface area contributed by atoms with Crippen molar-refractivity contribution in [2.45, 2.75) is 18.9 Å². The van der Waals surface area contributed by atoms with Gasteiger partial charge in [-0.2, -0.15) is 0 Å². The van der Waals surface area contributed by atoms with Gasteiger partial charge in [-0.3, -0.25) is 9.88 Å². The number of fused-ring (bicyclic) bond motifs is 1. The summed E-state index contributed by atoms with van der Waals surface area (Å²) >= 11 is 5.41. The molecule has 6 nitrogen and oxygen atoms in total. The second-order valence-electron chi connectivity index (χ2n) is 5.23. The standard InChI is InChI=1S/C15H20N4O2S/c1-20-9-7-17-15(22)19-8-10-21-14(19)18-13-5-4-12-11(13)3-2-6-16-12/h2-3,6,13H,4-5,7-10H2,1H3,(H,17,22). The van der Waals surface area contributed by atoms with Gasteiger partial charge < -0.3 is 14.8 Å². The lowest BCUT2D eigenvalue weighted by atomic mass is 10.1. The molecule has 1 N–H and O–H groups in total. The quantitative estimate of drug-likeness (QED) is 0.666. The molecule has 0 bridgehead atoms. The van der Waals surface area contributed by atoms with Crippen molar-refractivity contribution in [1.82, 2.24) is 15.2 Å². The molecule has 3 rings (SSSR count). The fraction of sp³-hybridized carbons (Fsp3) is 0.533. The lowest BCUT2D eigenvalue weighted by Crippen LogP contribution is -2.42. The second-order valence-corrected chi connectivity index (χ2v) is 5.62. The van der Waals surface area contributed by atoms with E-state index in [1.54, 1.807) is 7.11 Å². The molecule has 0 aromatic carbocycles. The average Bonchev–Trinajstić information content (AvgIpc) is 3.15. The molecule has 1 unspecified atom stereocenters. The second kappa shape index (κ2) is 7.02. The molecule has 1 fully saturated rings. The molecule has 1 aromatic rings. The van der Waals surface area contributed by atoms with Crippen molar-refractivity contribution in [2.24, 2.45) is 4.99 Å². The summed E-state index contributed by atoms with van der Waals surface area (Å²) in [5.74, 6) is 0. The van der Waals surface area contributed by atoms with Crippen molar-refractivity contribution >= 4 is 23.4 Å². The minimum atomic E-state index is 0.112. The van der Waals surface area contributed by atoms with E-state index in [0.717, 1.165) is 25.1 Å². The van der Waals surface area contributed by atoms with Gasteiger partial charge in [0.2, 0.25) is 0 Å². The van der Waals surface area contributed by atoms with Crippen LogP contribution >= 0.6 is 12.2 Å². The van der Waals surface area contributed by atoms with Crippen LogP contribution < -0.4 is 5.32 Å². The maximum atomic E-state index is 5.67. The number of nitrogens with one attached hydrogen (secondary N) is 1. The first-order chi connectivity index (χ1) is 10.8. The van der Waals surface area contributed by atoms with Crippen LogP contribution in [0.25, 0.3) is 0 Å². The summed E-state index contributed by atoms with van der Waals surface area (Å²) in [5, 5.41) is 3.80. The molecule has 7 heteroatoms. The van der Waals surface area contributed by atoms with Gasteiger partial charge in [-0.25, -0.2) is 4.99 Å². The first-order valence-corrected chi connectivity index (χ1v) is 7.89. The summed E-state index contributed by atoms with van der Waals surface area (Å²) < 4.78 is 10.7. The van der Waals surface area contributed by atoms with E-state index in [1.807, 2.05) is 17.2 Å². The fourth-order valence-electron chi connectivity index (χ4n) is 2.71. The van der Waals surface area contributed by atoms with Crippen LogP contribution in [0.5, 0.6) is 0 Å². The third kappa shape index (κ3) is 3.20. The molecule has 1 saturated heterocycles. The lowest BCUT2D eigenvalue weighted by molar-refractivity contribution is 0.203. The Morgan fingerprint density at radius 3 is 3.41 bits per heavy atom. The molecule has 0 saturated carbocycles. The van der Waals surface area contributed by atoms with Crippen molar-refractivity contribution < 1.29 is 9.47 Å². The van der Waals surface area contributed by atoms with Gasteiger partial charge in [-0.05, 0) is 36.7 Å². The summed E-state index contributed by atoms with van der Waals surface area (Å²) in [4.78, 5) is 11.1. The summed E-state index contributed by atoms with van der Waals surface area (Å²) in [6, 6.07) is 4.78. The van der Waals surface area contributed by atoms with Crippen LogP contribution in [0.2, 0.25) is 0 Å². The van der Waals surface area contributed by atoms with Gasteiger partial charge in [-0.1, -0.05) is 6.07 Å². The fourth-order valence-corrected chi connectivity index (χ4v) is 2.98. The van der Waals surface area contributed by atoms with E-state index in [2.05, 4.69) is 16.4 Å². The van der Waals surface area contributed by atoms with E-state index in [4.69, 9.17) is 26.7 Å². The number of thiocarbonyl (C=S) groups is 1. The van der Waals surface area contributed by atoms with Crippen LogP contribution in [-0.4, -0.2) is 54.4 Å². The molecular weight excluding hydrogens is 300 g/mol.